The molecule has 0 aromatic rings. The molecule has 10 nitrogen and oxygen atoms in total. The third-order valence-electron chi connectivity index (χ3n) is 0.780. The summed E-state index contributed by atoms with van der Waals surface area (Å²) in [6.07, 6.45) is 1.15. The Balaban J connectivity index is -0.000000155. The molecular formula is C5H14N2O8. The van der Waals surface area contributed by atoms with Crippen molar-refractivity contribution in [1.29, 1.82) is 0 Å². The van der Waals surface area contributed by atoms with Crippen molar-refractivity contribution >= 4 is 0 Å². The maximum Gasteiger partial charge on any atom is 0.291 e. The fraction of sp³-hybridized carbons (Fsp3) is 1.00. The van der Waals surface area contributed by atoms with Crippen LogP contribution < -0.4 is 0 Å². The molecule has 0 saturated heterocycles. The van der Waals surface area contributed by atoms with E-state index in [4.69, 9.17) is 40.9 Å². The highest BCUT2D eigenvalue weighted by molar-refractivity contribution is 4.43. The number of nitrogens with zero attached hydrogens (tertiary/aromatic N) is 2. The average molecular weight is 230 g/mol. The molecule has 0 radical (unpaired) electrons. The second-order valence-corrected chi connectivity index (χ2v) is 2.19. The number of rotatable bonds is 3. The number of hydrogen-bond donors (Lipinski definition) is 4. The van der Waals surface area contributed by atoms with Crippen LogP contribution in [0, 0.1) is 20.2 Å². The molecular weight excluding hydrogens is 216 g/mol. The molecule has 0 amide bonds. The van der Waals surface area contributed by atoms with Crippen LogP contribution in [-0.4, -0.2) is 43.5 Å². The minimum absolute atomic E-state index is 0.185. The Hall–Kier alpha value is -1.68. The van der Waals surface area contributed by atoms with E-state index in [1.807, 2.05) is 0 Å². The molecule has 1 atom stereocenters. The Kier molecular flexibility index (Phi) is 18.8. The van der Waals surface area contributed by atoms with Gasteiger partial charge in [0, 0.05) is 6.61 Å². The molecule has 0 aliphatic rings. The first-order chi connectivity index (χ1) is 6.73. The number of aliphatic hydroxyl groups excluding tert-OH is 2. The van der Waals surface area contributed by atoms with E-state index in [-0.39, 0.29) is 12.7 Å². The quantitative estimate of drug-likeness (QED) is 0.369. The second kappa shape index (κ2) is 14.8. The molecule has 0 aliphatic heterocycles. The molecule has 10 heteroatoms. The van der Waals surface area contributed by atoms with Gasteiger partial charge in [-0.3, -0.25) is 0 Å². The van der Waals surface area contributed by atoms with Crippen molar-refractivity contribution < 1.29 is 30.8 Å². The summed E-state index contributed by atoms with van der Waals surface area (Å²) in [5.41, 5.74) is 0. The van der Waals surface area contributed by atoms with E-state index in [1.54, 1.807) is 6.92 Å². The van der Waals surface area contributed by atoms with Crippen molar-refractivity contribution in [3.8, 4) is 0 Å². The fourth-order valence-electron chi connectivity index (χ4n) is 0.387. The third kappa shape index (κ3) is 244. The van der Waals surface area contributed by atoms with Crippen LogP contribution in [-0.2, 0) is 0 Å². The van der Waals surface area contributed by atoms with Crippen LogP contribution in [0.15, 0.2) is 0 Å². The van der Waals surface area contributed by atoms with Gasteiger partial charge in [-0.05, 0) is 19.8 Å². The topological polar surface area (TPSA) is 167 Å². The zero-order valence-electron chi connectivity index (χ0n) is 8.01. The lowest BCUT2D eigenvalue weighted by Crippen LogP contribution is -1.99. The van der Waals surface area contributed by atoms with Crippen molar-refractivity contribution in [2.45, 2.75) is 25.9 Å². The Morgan fingerprint density at radius 1 is 1.20 bits per heavy atom. The summed E-state index contributed by atoms with van der Waals surface area (Å²) < 4.78 is 0. The maximum atomic E-state index is 8.57. The zero-order valence-corrected chi connectivity index (χ0v) is 8.01. The molecule has 92 valence electrons. The van der Waals surface area contributed by atoms with Gasteiger partial charge in [-0.2, -0.15) is 0 Å². The molecule has 0 rings (SSSR count). The van der Waals surface area contributed by atoms with E-state index in [1.165, 1.54) is 0 Å². The van der Waals surface area contributed by atoms with Crippen LogP contribution >= 0.6 is 0 Å². The molecule has 0 aliphatic carbocycles. The minimum atomic E-state index is -1.50. The molecule has 0 saturated carbocycles. The van der Waals surface area contributed by atoms with Crippen molar-refractivity contribution in [2.75, 3.05) is 6.61 Å². The van der Waals surface area contributed by atoms with Gasteiger partial charge in [0.15, 0.2) is 0 Å². The summed E-state index contributed by atoms with van der Waals surface area (Å²) in [5.74, 6) is 0. The molecule has 0 heterocycles. The maximum absolute atomic E-state index is 8.57. The number of aliphatic hydroxyl groups is 2. The van der Waals surface area contributed by atoms with Crippen molar-refractivity contribution in [1.82, 2.24) is 0 Å². The second-order valence-electron chi connectivity index (χ2n) is 2.19. The first-order valence-corrected chi connectivity index (χ1v) is 3.69. The summed E-state index contributed by atoms with van der Waals surface area (Å²) in [5, 5.41) is 44.1. The molecule has 0 fully saturated rings. The van der Waals surface area contributed by atoms with Crippen molar-refractivity contribution in [2.24, 2.45) is 0 Å². The summed E-state index contributed by atoms with van der Waals surface area (Å²) in [7, 11) is 0. The first kappa shape index (κ1) is 19.0. The van der Waals surface area contributed by atoms with Gasteiger partial charge in [0.2, 0.25) is 0 Å². The predicted molar refractivity (Wildman–Crippen MR) is 45.6 cm³/mol. The lowest BCUT2D eigenvalue weighted by molar-refractivity contribution is -0.742. The third-order valence-corrected chi connectivity index (χ3v) is 0.780. The molecule has 0 aromatic heterocycles. The predicted octanol–water partition coefficient (Wildman–Crippen LogP) is -0.556. The van der Waals surface area contributed by atoms with E-state index >= 15 is 0 Å². The van der Waals surface area contributed by atoms with Gasteiger partial charge in [0.05, 0.1) is 6.10 Å². The Morgan fingerprint density at radius 2 is 1.47 bits per heavy atom. The van der Waals surface area contributed by atoms with Crippen molar-refractivity contribution in [3.63, 3.8) is 0 Å². The highest BCUT2D eigenvalue weighted by Crippen LogP contribution is 1.92. The summed E-state index contributed by atoms with van der Waals surface area (Å²) >= 11 is 0. The lowest BCUT2D eigenvalue weighted by Gasteiger charge is -1.98. The fourth-order valence-corrected chi connectivity index (χ4v) is 0.387. The minimum Gasteiger partial charge on any atom is -0.396 e. The highest BCUT2D eigenvalue weighted by Gasteiger charge is 1.91. The monoisotopic (exact) mass is 230 g/mol. The van der Waals surface area contributed by atoms with Crippen LogP contribution in [0.25, 0.3) is 0 Å². The summed E-state index contributed by atoms with van der Waals surface area (Å²) in [4.78, 5) is 16.7. The normalized spacial score (nSPS) is 9.80. The van der Waals surface area contributed by atoms with Gasteiger partial charge in [-0.25, -0.2) is 0 Å². The van der Waals surface area contributed by atoms with Gasteiger partial charge in [0.1, 0.15) is 0 Å². The number of hydrogen-bond acceptors (Lipinski definition) is 6. The van der Waals surface area contributed by atoms with Gasteiger partial charge >= 0.3 is 0 Å². The van der Waals surface area contributed by atoms with Crippen LogP contribution in [0.2, 0.25) is 0 Å². The van der Waals surface area contributed by atoms with Crippen LogP contribution in [0.5, 0.6) is 0 Å². The van der Waals surface area contributed by atoms with E-state index in [0.29, 0.717) is 12.8 Å². The molecule has 0 bridgehead atoms. The molecule has 1 unspecified atom stereocenters. The SMILES string of the molecule is CC(O)CCCO.O=[N+]([O-])O.O=[N+]([O-])O. The molecule has 4 N–H and O–H groups in total. The smallest absolute Gasteiger partial charge is 0.291 e. The summed E-state index contributed by atoms with van der Waals surface area (Å²) in [6, 6.07) is 0. The molecule has 0 spiro atoms. The van der Waals surface area contributed by atoms with Crippen molar-refractivity contribution in [3.05, 3.63) is 20.2 Å². The molecule has 15 heavy (non-hydrogen) atoms. The van der Waals surface area contributed by atoms with Crippen LogP contribution in [0.3, 0.4) is 0 Å². The zero-order chi connectivity index (χ0) is 12.9. The first-order valence-electron chi connectivity index (χ1n) is 3.69. The Bertz CT molecular complexity index is 141. The van der Waals surface area contributed by atoms with Gasteiger partial charge in [-0.1, -0.05) is 0 Å². The Morgan fingerprint density at radius 3 is 1.53 bits per heavy atom. The lowest BCUT2D eigenvalue weighted by atomic mass is 10.2. The van der Waals surface area contributed by atoms with E-state index in [0.717, 1.165) is 0 Å². The largest absolute Gasteiger partial charge is 0.396 e. The Labute approximate surface area is 84.6 Å². The van der Waals surface area contributed by atoms with E-state index in [9.17, 15) is 0 Å². The average Bonchev–Trinajstić information content (AvgIpc) is 1.98. The summed E-state index contributed by atoms with van der Waals surface area (Å²) in [6.45, 7) is 1.90. The van der Waals surface area contributed by atoms with Gasteiger partial charge in [0.25, 0.3) is 10.2 Å². The van der Waals surface area contributed by atoms with Crippen LogP contribution in [0.1, 0.15) is 19.8 Å². The molecule has 0 aromatic carbocycles. The standard InChI is InChI=1S/C5H12O2.2HNO3/c1-5(7)3-2-4-6;2*2-1(3)4/h5-7H,2-4H2,1H3;2*(H,2,3,4). The van der Waals surface area contributed by atoms with E-state index in [2.05, 4.69) is 0 Å². The van der Waals surface area contributed by atoms with E-state index < -0.39 is 10.2 Å². The highest BCUT2D eigenvalue weighted by atomic mass is 16.9. The van der Waals surface area contributed by atoms with Crippen LogP contribution in [0.4, 0.5) is 0 Å². The van der Waals surface area contributed by atoms with Gasteiger partial charge in [-0.15, -0.1) is 20.2 Å². The van der Waals surface area contributed by atoms with Gasteiger partial charge < -0.3 is 20.6 Å².